The molecule has 0 aliphatic rings. The second-order valence-electron chi connectivity index (χ2n) is 6.13. The minimum atomic E-state index is -0.926. The largest absolute Gasteiger partial charge is 0.449 e. The van der Waals surface area contributed by atoms with Crippen molar-refractivity contribution in [3.05, 3.63) is 65.2 Å². The number of aliphatic hydroxyl groups is 1. The van der Waals surface area contributed by atoms with Gasteiger partial charge in [0.25, 0.3) is 5.91 Å². The van der Waals surface area contributed by atoms with Crippen LogP contribution in [0.25, 0.3) is 0 Å². The molecule has 0 unspecified atom stereocenters. The van der Waals surface area contributed by atoms with Gasteiger partial charge < -0.3 is 15.2 Å². The number of para-hydroxylation sites is 1. The molecule has 0 aromatic heterocycles. The predicted octanol–water partition coefficient (Wildman–Crippen LogP) is 3.49. The fraction of sp³-hybridized carbons (Fsp3) is 0.300. The molecule has 0 bridgehead atoms. The summed E-state index contributed by atoms with van der Waals surface area (Å²) in [6.45, 7) is 5.53. The molecule has 5 heteroatoms. The van der Waals surface area contributed by atoms with Crippen molar-refractivity contribution >= 4 is 17.6 Å². The highest BCUT2D eigenvalue weighted by Crippen LogP contribution is 2.24. The summed E-state index contributed by atoms with van der Waals surface area (Å²) >= 11 is 0. The monoisotopic (exact) mass is 341 g/mol. The van der Waals surface area contributed by atoms with Gasteiger partial charge in [-0.15, -0.1) is 0 Å². The van der Waals surface area contributed by atoms with Crippen molar-refractivity contribution < 1.29 is 19.4 Å². The number of aliphatic hydroxyl groups excluding tert-OH is 1. The maximum Gasteiger partial charge on any atom is 0.338 e. The van der Waals surface area contributed by atoms with E-state index in [9.17, 15) is 9.59 Å². The maximum absolute atomic E-state index is 12.3. The lowest BCUT2D eigenvalue weighted by molar-refractivity contribution is -0.123. The summed E-state index contributed by atoms with van der Waals surface area (Å²) in [5.41, 5.74) is 2.78. The third kappa shape index (κ3) is 4.90. The van der Waals surface area contributed by atoms with Gasteiger partial charge in [-0.3, -0.25) is 4.79 Å². The summed E-state index contributed by atoms with van der Waals surface area (Å²) in [6.07, 6.45) is -0.926. The van der Waals surface area contributed by atoms with Crippen LogP contribution >= 0.6 is 0 Å². The van der Waals surface area contributed by atoms with Gasteiger partial charge in [0.2, 0.25) is 0 Å². The Balaban J connectivity index is 2.01. The Kier molecular flexibility index (Phi) is 6.31. The van der Waals surface area contributed by atoms with E-state index >= 15 is 0 Å². The van der Waals surface area contributed by atoms with Gasteiger partial charge in [0.05, 0.1) is 12.2 Å². The summed E-state index contributed by atoms with van der Waals surface area (Å²) < 4.78 is 5.23. The van der Waals surface area contributed by atoms with E-state index in [-0.39, 0.29) is 18.4 Å². The van der Waals surface area contributed by atoms with Gasteiger partial charge in [-0.05, 0) is 42.2 Å². The number of hydrogen-bond donors (Lipinski definition) is 2. The quantitative estimate of drug-likeness (QED) is 0.789. The van der Waals surface area contributed by atoms with Crippen molar-refractivity contribution in [2.75, 3.05) is 5.32 Å². The van der Waals surface area contributed by atoms with E-state index in [4.69, 9.17) is 9.84 Å². The number of anilines is 1. The molecule has 0 aliphatic carbocycles. The van der Waals surface area contributed by atoms with Crippen LogP contribution in [0.2, 0.25) is 0 Å². The molecule has 1 amide bonds. The molecule has 5 nitrogen and oxygen atoms in total. The molecule has 0 fully saturated rings. The van der Waals surface area contributed by atoms with E-state index < -0.39 is 12.1 Å². The fourth-order valence-electron chi connectivity index (χ4n) is 2.38. The number of hydrogen-bond acceptors (Lipinski definition) is 4. The van der Waals surface area contributed by atoms with Crippen molar-refractivity contribution in [2.24, 2.45) is 0 Å². The molecule has 0 saturated heterocycles. The van der Waals surface area contributed by atoms with Crippen LogP contribution in [0.4, 0.5) is 5.69 Å². The molecule has 0 spiro atoms. The Morgan fingerprint density at radius 1 is 1.04 bits per heavy atom. The molecule has 2 aromatic rings. The zero-order chi connectivity index (χ0) is 18.4. The van der Waals surface area contributed by atoms with Crippen LogP contribution in [0.5, 0.6) is 0 Å². The van der Waals surface area contributed by atoms with E-state index in [1.807, 2.05) is 38.1 Å². The summed E-state index contributed by atoms with van der Waals surface area (Å²) in [6, 6.07) is 14.0. The lowest BCUT2D eigenvalue weighted by Gasteiger charge is -2.17. The van der Waals surface area contributed by atoms with Gasteiger partial charge in [-0.25, -0.2) is 4.79 Å². The molecule has 2 rings (SSSR count). The summed E-state index contributed by atoms with van der Waals surface area (Å²) in [5, 5.41) is 11.8. The molecule has 0 radical (unpaired) electrons. The second-order valence-corrected chi connectivity index (χ2v) is 6.13. The minimum absolute atomic E-state index is 0.0939. The summed E-state index contributed by atoms with van der Waals surface area (Å²) in [4.78, 5) is 24.5. The third-order valence-corrected chi connectivity index (χ3v) is 3.87. The first-order chi connectivity index (χ1) is 11.9. The van der Waals surface area contributed by atoms with E-state index in [0.29, 0.717) is 11.1 Å². The predicted molar refractivity (Wildman–Crippen MR) is 96.4 cm³/mol. The molecule has 25 heavy (non-hydrogen) atoms. The zero-order valence-corrected chi connectivity index (χ0v) is 14.7. The zero-order valence-electron chi connectivity index (χ0n) is 14.7. The van der Waals surface area contributed by atoms with Crippen molar-refractivity contribution in [1.29, 1.82) is 0 Å². The van der Waals surface area contributed by atoms with Gasteiger partial charge in [-0.2, -0.15) is 0 Å². The highest BCUT2D eigenvalue weighted by Gasteiger charge is 2.20. The molecule has 2 aromatic carbocycles. The Morgan fingerprint density at radius 3 is 2.28 bits per heavy atom. The Morgan fingerprint density at radius 2 is 1.68 bits per heavy atom. The minimum Gasteiger partial charge on any atom is -0.449 e. The van der Waals surface area contributed by atoms with E-state index in [1.54, 1.807) is 24.3 Å². The number of carbonyl (C=O) groups excluding carboxylic acids is 2. The number of rotatable bonds is 6. The van der Waals surface area contributed by atoms with E-state index in [2.05, 4.69) is 5.32 Å². The number of nitrogens with one attached hydrogen (secondary N) is 1. The first-order valence-electron chi connectivity index (χ1n) is 8.23. The molecule has 0 heterocycles. The van der Waals surface area contributed by atoms with Gasteiger partial charge >= 0.3 is 5.97 Å². The molecular formula is C20H23NO4. The Labute approximate surface area is 147 Å². The van der Waals surface area contributed by atoms with Gasteiger partial charge in [0.1, 0.15) is 0 Å². The summed E-state index contributed by atoms with van der Waals surface area (Å²) in [7, 11) is 0. The van der Waals surface area contributed by atoms with E-state index in [1.165, 1.54) is 6.92 Å². The summed E-state index contributed by atoms with van der Waals surface area (Å²) in [5.74, 6) is -0.697. The van der Waals surface area contributed by atoms with E-state index in [0.717, 1.165) is 11.3 Å². The van der Waals surface area contributed by atoms with Crippen molar-refractivity contribution in [3.8, 4) is 0 Å². The smallest absolute Gasteiger partial charge is 0.338 e. The standard InChI is InChI=1S/C20H23NO4/c1-13(2)17-6-4-5-7-18(17)21-19(23)14(3)25-20(24)16-10-8-15(12-22)9-11-16/h4-11,13-14,22H,12H2,1-3H3,(H,21,23)/t14-/m1/s1. The van der Waals surface area contributed by atoms with Crippen LogP contribution in [0.15, 0.2) is 48.5 Å². The van der Waals surface area contributed by atoms with Crippen molar-refractivity contribution in [1.82, 2.24) is 0 Å². The molecule has 132 valence electrons. The van der Waals surface area contributed by atoms with Crippen molar-refractivity contribution in [2.45, 2.75) is 39.4 Å². The topological polar surface area (TPSA) is 75.6 Å². The fourth-order valence-corrected chi connectivity index (χ4v) is 2.38. The number of amides is 1. The first-order valence-corrected chi connectivity index (χ1v) is 8.23. The highest BCUT2D eigenvalue weighted by atomic mass is 16.5. The van der Waals surface area contributed by atoms with Crippen LogP contribution in [0, 0.1) is 0 Å². The van der Waals surface area contributed by atoms with Gasteiger partial charge in [0, 0.05) is 5.69 Å². The Bertz CT molecular complexity index is 738. The second kappa shape index (κ2) is 8.44. The molecule has 1 atom stereocenters. The Hall–Kier alpha value is -2.66. The number of carbonyl (C=O) groups is 2. The molecule has 0 saturated carbocycles. The average molecular weight is 341 g/mol. The number of ether oxygens (including phenoxy) is 1. The molecule has 2 N–H and O–H groups in total. The van der Waals surface area contributed by atoms with Gasteiger partial charge in [-0.1, -0.05) is 44.2 Å². The van der Waals surface area contributed by atoms with Crippen LogP contribution in [0.3, 0.4) is 0 Å². The normalized spacial score (nSPS) is 11.9. The third-order valence-electron chi connectivity index (χ3n) is 3.87. The highest BCUT2D eigenvalue weighted by molar-refractivity contribution is 5.97. The van der Waals surface area contributed by atoms with Crippen molar-refractivity contribution in [3.63, 3.8) is 0 Å². The van der Waals surface area contributed by atoms with Crippen LogP contribution < -0.4 is 5.32 Å². The first kappa shape index (κ1) is 18.7. The van der Waals surface area contributed by atoms with Gasteiger partial charge in [0.15, 0.2) is 6.10 Å². The lowest BCUT2D eigenvalue weighted by atomic mass is 10.0. The average Bonchev–Trinajstić information content (AvgIpc) is 2.61. The SMILES string of the molecule is CC(C)c1ccccc1NC(=O)[C@@H](C)OC(=O)c1ccc(CO)cc1. The van der Waals surface area contributed by atoms with Crippen LogP contribution in [-0.4, -0.2) is 23.1 Å². The van der Waals surface area contributed by atoms with Crippen LogP contribution in [0.1, 0.15) is 48.2 Å². The lowest BCUT2D eigenvalue weighted by Crippen LogP contribution is -2.30. The number of benzene rings is 2. The number of esters is 1. The molecular weight excluding hydrogens is 318 g/mol. The molecule has 0 aliphatic heterocycles. The van der Waals surface area contributed by atoms with Crippen LogP contribution in [-0.2, 0) is 16.1 Å². The maximum atomic E-state index is 12.3.